The van der Waals surface area contributed by atoms with Crippen LogP contribution in [0.3, 0.4) is 0 Å². The second-order valence-corrected chi connectivity index (χ2v) is 12.6. The Morgan fingerprint density at radius 3 is 2.76 bits per heavy atom. The molecule has 8 atom stereocenters. The van der Waals surface area contributed by atoms with E-state index in [0.717, 1.165) is 18.4 Å². The van der Waals surface area contributed by atoms with Gasteiger partial charge in [0.2, 0.25) is 0 Å². The van der Waals surface area contributed by atoms with Crippen molar-refractivity contribution in [2.45, 2.75) is 77.0 Å². The zero-order valence-electron chi connectivity index (χ0n) is 22.4. The van der Waals surface area contributed by atoms with Gasteiger partial charge in [-0.15, -0.1) is 0 Å². The van der Waals surface area contributed by atoms with Crippen LogP contribution in [0.25, 0.3) is 0 Å². The third kappa shape index (κ3) is 3.46. The molecule has 2 heterocycles. The monoisotopic (exact) mass is 520 g/mol. The number of amides is 1. The van der Waals surface area contributed by atoms with Crippen LogP contribution in [0.5, 0.6) is 0 Å². The molecule has 38 heavy (non-hydrogen) atoms. The van der Waals surface area contributed by atoms with Crippen molar-refractivity contribution in [3.05, 3.63) is 53.9 Å². The minimum atomic E-state index is -1.29. The third-order valence-corrected chi connectivity index (χ3v) is 10.2. The number of nitrogens with zero attached hydrogens (tertiary/aromatic N) is 1. The van der Waals surface area contributed by atoms with Crippen molar-refractivity contribution in [3.8, 4) is 0 Å². The van der Waals surface area contributed by atoms with Crippen molar-refractivity contribution >= 4 is 17.5 Å². The maximum Gasteiger partial charge on any atom is 0.253 e. The van der Waals surface area contributed by atoms with Crippen LogP contribution in [0, 0.1) is 28.6 Å². The number of Topliss-reactive ketones (excluding diaryl/α,β-unsaturated/α-hetero) is 1. The van der Waals surface area contributed by atoms with Crippen molar-refractivity contribution in [2.24, 2.45) is 28.6 Å². The lowest BCUT2D eigenvalue weighted by atomic mass is 9.46. The van der Waals surface area contributed by atoms with Gasteiger partial charge in [0.05, 0.1) is 24.3 Å². The average molecular weight is 521 g/mol. The third-order valence-electron chi connectivity index (χ3n) is 10.2. The van der Waals surface area contributed by atoms with Crippen LogP contribution in [-0.4, -0.2) is 57.7 Å². The Morgan fingerprint density at radius 2 is 2.03 bits per heavy atom. The first-order valence-corrected chi connectivity index (χ1v) is 13.6. The van der Waals surface area contributed by atoms with Gasteiger partial charge in [-0.25, -0.2) is 0 Å². The fraction of sp³-hybridized carbons (Fsp3) is 0.600. The normalized spacial score (nSPS) is 42.4. The maximum atomic E-state index is 14.2. The van der Waals surface area contributed by atoms with Gasteiger partial charge in [0.25, 0.3) is 5.91 Å². The summed E-state index contributed by atoms with van der Waals surface area (Å²) in [6, 6.07) is 3.32. The first-order valence-electron chi connectivity index (χ1n) is 13.6. The Labute approximate surface area is 222 Å². The van der Waals surface area contributed by atoms with Crippen molar-refractivity contribution in [1.29, 1.82) is 0 Å². The molecule has 1 aromatic rings. The predicted octanol–water partition coefficient (Wildman–Crippen LogP) is 3.16. The molecule has 1 saturated heterocycles. The number of ether oxygens (including phenoxy) is 2. The molecular weight excluding hydrogens is 484 g/mol. The van der Waals surface area contributed by atoms with Gasteiger partial charge in [-0.05, 0) is 75.7 Å². The van der Waals surface area contributed by atoms with Crippen molar-refractivity contribution < 1.29 is 29.0 Å². The number of fused-ring (bicyclic) bond motifs is 7. The molecule has 4 fully saturated rings. The number of rotatable bonds is 4. The molecule has 8 heteroatoms. The molecule has 1 aromatic heterocycles. The highest BCUT2D eigenvalue weighted by Crippen LogP contribution is 2.70. The number of aliphatic hydroxyl groups excluding tert-OH is 1. The lowest BCUT2D eigenvalue weighted by molar-refractivity contribution is -0.224. The quantitative estimate of drug-likeness (QED) is 0.627. The van der Waals surface area contributed by atoms with Gasteiger partial charge in [0.15, 0.2) is 23.0 Å². The summed E-state index contributed by atoms with van der Waals surface area (Å²) < 4.78 is 13.0. The number of allylic oxidation sites excluding steroid dienone is 4. The van der Waals surface area contributed by atoms with Crippen molar-refractivity contribution in [3.63, 3.8) is 0 Å². The van der Waals surface area contributed by atoms with Gasteiger partial charge in [0.1, 0.15) is 0 Å². The fourth-order valence-corrected chi connectivity index (χ4v) is 8.81. The van der Waals surface area contributed by atoms with Gasteiger partial charge in [0, 0.05) is 29.1 Å². The van der Waals surface area contributed by atoms with Crippen LogP contribution in [0.15, 0.2) is 48.3 Å². The molecule has 5 aliphatic rings. The molecule has 6 rings (SSSR count). The molecule has 0 aromatic carbocycles. The summed E-state index contributed by atoms with van der Waals surface area (Å²) in [5.74, 6) is -1.41. The second-order valence-electron chi connectivity index (χ2n) is 12.6. The van der Waals surface area contributed by atoms with Gasteiger partial charge < -0.3 is 19.9 Å². The number of hydrogen-bond donors (Lipinski definition) is 2. The SMILES string of the molecule is CC1(C)O[C@H]2CC3C4CCC5=CC(=O)C=CC5(C)C4[C@@H](O)CC3(C)[C@]2(C(=O)CNC(=O)c2cccnc2)O1. The number of aliphatic hydroxyl groups is 1. The first-order chi connectivity index (χ1) is 17.9. The number of aromatic nitrogens is 1. The molecule has 5 unspecified atom stereocenters. The molecule has 1 aliphatic heterocycles. The lowest BCUT2D eigenvalue weighted by Gasteiger charge is -2.60. The van der Waals surface area contributed by atoms with Crippen molar-refractivity contribution in [2.75, 3.05) is 6.54 Å². The maximum absolute atomic E-state index is 14.2. The van der Waals surface area contributed by atoms with E-state index in [4.69, 9.17) is 9.47 Å². The first kappa shape index (κ1) is 25.6. The zero-order chi connectivity index (χ0) is 27.1. The molecule has 2 N–H and O–H groups in total. The Hall–Kier alpha value is -2.68. The summed E-state index contributed by atoms with van der Waals surface area (Å²) in [6.45, 7) is 7.63. The minimum absolute atomic E-state index is 0.00312. The van der Waals surface area contributed by atoms with Crippen molar-refractivity contribution in [1.82, 2.24) is 10.3 Å². The lowest BCUT2D eigenvalue weighted by Crippen LogP contribution is -2.64. The fourth-order valence-electron chi connectivity index (χ4n) is 8.81. The summed E-state index contributed by atoms with van der Waals surface area (Å²) in [5.41, 5.74) is -0.906. The Morgan fingerprint density at radius 1 is 1.24 bits per heavy atom. The molecule has 8 nitrogen and oxygen atoms in total. The van der Waals surface area contributed by atoms with E-state index in [2.05, 4.69) is 24.1 Å². The molecule has 4 aliphatic carbocycles. The van der Waals surface area contributed by atoms with Crippen LogP contribution in [0.2, 0.25) is 0 Å². The van der Waals surface area contributed by atoms with E-state index in [0.29, 0.717) is 18.4 Å². The van der Waals surface area contributed by atoms with Crippen LogP contribution >= 0.6 is 0 Å². The van der Waals surface area contributed by atoms with Gasteiger partial charge in [-0.3, -0.25) is 19.4 Å². The number of nitrogens with one attached hydrogen (secondary N) is 1. The van der Waals surface area contributed by atoms with Crippen LogP contribution in [0.1, 0.15) is 63.7 Å². The molecule has 202 valence electrons. The largest absolute Gasteiger partial charge is 0.393 e. The number of ketones is 2. The van der Waals surface area contributed by atoms with E-state index >= 15 is 0 Å². The van der Waals surface area contributed by atoms with E-state index in [1.54, 1.807) is 30.5 Å². The summed E-state index contributed by atoms with van der Waals surface area (Å²) in [5, 5.41) is 14.5. The number of carbonyl (C=O) groups is 3. The Kier molecular flexibility index (Phi) is 5.66. The summed E-state index contributed by atoms with van der Waals surface area (Å²) >= 11 is 0. The summed E-state index contributed by atoms with van der Waals surface area (Å²) in [4.78, 5) is 43.0. The van der Waals surface area contributed by atoms with E-state index in [9.17, 15) is 19.5 Å². The summed E-state index contributed by atoms with van der Waals surface area (Å²) in [7, 11) is 0. The molecule has 3 saturated carbocycles. The highest BCUT2D eigenvalue weighted by atomic mass is 16.8. The molecule has 1 amide bonds. The van der Waals surface area contributed by atoms with Crippen LogP contribution in [-0.2, 0) is 19.1 Å². The average Bonchev–Trinajstić information content (AvgIpc) is 3.28. The summed E-state index contributed by atoms with van der Waals surface area (Å²) in [6.07, 6.45) is 9.88. The van der Waals surface area contributed by atoms with E-state index in [1.807, 2.05) is 19.9 Å². The van der Waals surface area contributed by atoms with Gasteiger partial charge in [-0.2, -0.15) is 0 Å². The topological polar surface area (TPSA) is 115 Å². The van der Waals surface area contributed by atoms with E-state index < -0.39 is 34.4 Å². The molecular formula is C30H36N2O6. The minimum Gasteiger partial charge on any atom is -0.393 e. The molecule has 0 spiro atoms. The smallest absolute Gasteiger partial charge is 0.253 e. The Bertz CT molecular complexity index is 1260. The number of pyridine rings is 1. The number of carbonyl (C=O) groups excluding carboxylic acids is 3. The van der Waals surface area contributed by atoms with Gasteiger partial charge >= 0.3 is 0 Å². The highest BCUT2D eigenvalue weighted by molar-refractivity contribution is 6.01. The molecule has 0 bridgehead atoms. The highest BCUT2D eigenvalue weighted by Gasteiger charge is 2.76. The van der Waals surface area contributed by atoms with Gasteiger partial charge in [-0.1, -0.05) is 25.5 Å². The number of hydrogen-bond acceptors (Lipinski definition) is 7. The van der Waals surface area contributed by atoms with E-state index in [1.165, 1.54) is 6.20 Å². The van der Waals surface area contributed by atoms with E-state index in [-0.39, 0.29) is 41.8 Å². The predicted molar refractivity (Wildman–Crippen MR) is 138 cm³/mol. The van der Waals surface area contributed by atoms with Crippen LogP contribution in [0.4, 0.5) is 0 Å². The Balaban J connectivity index is 1.33. The standard InChI is InChI=1S/C30H36N2O6/c1-27(2)37-24-13-21-20-8-7-18-12-19(33)9-10-28(18,3)25(20)22(34)14-29(21,4)30(24,38-27)23(35)16-32-26(36)17-6-5-11-31-15-17/h5-6,9-12,15,20-22,24-25,34H,7-8,13-14,16H2,1-4H3,(H,32,36)/t20?,21?,22-,24-,25?,28?,29?,30+/m0/s1. The molecule has 0 radical (unpaired) electrons. The zero-order valence-corrected chi connectivity index (χ0v) is 22.4. The van der Waals surface area contributed by atoms with Crippen LogP contribution < -0.4 is 5.32 Å². The second kappa shape index (κ2) is 8.41.